The third-order valence-corrected chi connectivity index (χ3v) is 3.03. The van der Waals surface area contributed by atoms with Crippen molar-refractivity contribution in [2.75, 3.05) is 19.7 Å². The number of nitrogens with one attached hydrogen (secondary N) is 1. The molecular weight excluding hydrogens is 234 g/mol. The van der Waals surface area contributed by atoms with Crippen molar-refractivity contribution < 1.29 is 4.74 Å². The zero-order chi connectivity index (χ0) is 12.5. The van der Waals surface area contributed by atoms with Crippen LogP contribution in [0.1, 0.15) is 31.7 Å². The van der Waals surface area contributed by atoms with Gasteiger partial charge in [-0.3, -0.25) is 0 Å². The van der Waals surface area contributed by atoms with Crippen molar-refractivity contribution in [1.82, 2.24) is 5.32 Å². The summed E-state index contributed by atoms with van der Waals surface area (Å²) in [6.07, 6.45) is 3.52. The van der Waals surface area contributed by atoms with E-state index in [1.807, 2.05) is 25.1 Å². The summed E-state index contributed by atoms with van der Waals surface area (Å²) in [6, 6.07) is 5.78. The third-order valence-electron chi connectivity index (χ3n) is 2.60. The Kier molecular flexibility index (Phi) is 7.06. The van der Waals surface area contributed by atoms with Crippen LogP contribution in [0.15, 0.2) is 18.2 Å². The van der Waals surface area contributed by atoms with E-state index in [-0.39, 0.29) is 0 Å². The number of ether oxygens (including phenoxy) is 1. The highest BCUT2D eigenvalue weighted by Gasteiger charge is 1.98. The van der Waals surface area contributed by atoms with Gasteiger partial charge in [0.15, 0.2) is 0 Å². The zero-order valence-electron chi connectivity index (χ0n) is 10.8. The molecule has 1 aromatic carbocycles. The summed E-state index contributed by atoms with van der Waals surface area (Å²) in [5, 5.41) is 4.18. The molecule has 17 heavy (non-hydrogen) atoms. The van der Waals surface area contributed by atoms with Gasteiger partial charge >= 0.3 is 0 Å². The van der Waals surface area contributed by atoms with Gasteiger partial charge in [0.2, 0.25) is 0 Å². The predicted octanol–water partition coefficient (Wildman–Crippen LogP) is 3.81. The summed E-state index contributed by atoms with van der Waals surface area (Å²) in [4.78, 5) is 0. The van der Waals surface area contributed by atoms with Gasteiger partial charge in [0.25, 0.3) is 0 Å². The lowest BCUT2D eigenvalue weighted by Gasteiger charge is -2.08. The van der Waals surface area contributed by atoms with E-state index in [0.717, 1.165) is 42.5 Å². The summed E-state index contributed by atoms with van der Waals surface area (Å²) in [7, 11) is 0. The highest BCUT2D eigenvalue weighted by molar-refractivity contribution is 6.31. The largest absolute Gasteiger partial charge is 0.494 e. The molecule has 0 aliphatic rings. The number of halogens is 1. The Bertz CT molecular complexity index is 328. The molecule has 0 unspecified atom stereocenters. The van der Waals surface area contributed by atoms with Crippen LogP contribution in [0.2, 0.25) is 5.02 Å². The molecule has 0 aliphatic heterocycles. The molecule has 0 fully saturated rings. The Labute approximate surface area is 109 Å². The van der Waals surface area contributed by atoms with E-state index >= 15 is 0 Å². The molecule has 3 heteroatoms. The molecule has 0 bridgehead atoms. The Balaban J connectivity index is 2.11. The van der Waals surface area contributed by atoms with E-state index in [1.165, 1.54) is 12.8 Å². The first-order valence-electron chi connectivity index (χ1n) is 6.33. The van der Waals surface area contributed by atoms with Crippen molar-refractivity contribution >= 4 is 11.6 Å². The quantitative estimate of drug-likeness (QED) is 0.714. The highest BCUT2D eigenvalue weighted by atomic mass is 35.5. The normalized spacial score (nSPS) is 10.5. The molecule has 0 aliphatic carbocycles. The number of aryl methyl sites for hydroxylation is 1. The lowest BCUT2D eigenvalue weighted by atomic mass is 10.2. The molecule has 2 nitrogen and oxygen atoms in total. The van der Waals surface area contributed by atoms with Crippen LogP contribution in [0.25, 0.3) is 0 Å². The topological polar surface area (TPSA) is 21.3 Å². The Morgan fingerprint density at radius 3 is 2.71 bits per heavy atom. The molecule has 0 radical (unpaired) electrons. The van der Waals surface area contributed by atoms with Gasteiger partial charge in [0.1, 0.15) is 5.75 Å². The van der Waals surface area contributed by atoms with Crippen molar-refractivity contribution in [2.45, 2.75) is 33.1 Å². The number of hydrogen-bond acceptors (Lipinski definition) is 2. The lowest BCUT2D eigenvalue weighted by Crippen LogP contribution is -2.18. The van der Waals surface area contributed by atoms with Gasteiger partial charge in [0, 0.05) is 5.02 Å². The molecule has 0 aromatic heterocycles. The maximum atomic E-state index is 5.95. The third kappa shape index (κ3) is 5.94. The Hall–Kier alpha value is -0.730. The molecule has 0 atom stereocenters. The van der Waals surface area contributed by atoms with Crippen LogP contribution in [0, 0.1) is 6.92 Å². The molecule has 0 saturated heterocycles. The first-order chi connectivity index (χ1) is 8.24. The molecule has 0 heterocycles. The average molecular weight is 256 g/mol. The molecule has 0 saturated carbocycles. The van der Waals surface area contributed by atoms with Crippen molar-refractivity contribution in [1.29, 1.82) is 0 Å². The number of hydrogen-bond donors (Lipinski definition) is 1. The zero-order valence-corrected chi connectivity index (χ0v) is 11.5. The van der Waals surface area contributed by atoms with E-state index in [1.54, 1.807) is 0 Å². The van der Waals surface area contributed by atoms with Crippen molar-refractivity contribution in [2.24, 2.45) is 0 Å². The fraction of sp³-hybridized carbons (Fsp3) is 0.571. The molecule has 0 spiro atoms. The standard InChI is InChI=1S/C14H22ClNO/c1-3-4-8-16-9-5-10-17-13-6-7-14(15)12(2)11-13/h6-7,11,16H,3-5,8-10H2,1-2H3. The summed E-state index contributed by atoms with van der Waals surface area (Å²) >= 11 is 5.95. The van der Waals surface area contributed by atoms with Gasteiger partial charge in [-0.15, -0.1) is 0 Å². The Morgan fingerprint density at radius 2 is 2.00 bits per heavy atom. The minimum Gasteiger partial charge on any atom is -0.494 e. The van der Waals surface area contributed by atoms with Crippen molar-refractivity contribution in [3.05, 3.63) is 28.8 Å². The van der Waals surface area contributed by atoms with E-state index in [2.05, 4.69) is 12.2 Å². The van der Waals surface area contributed by atoms with Gasteiger partial charge < -0.3 is 10.1 Å². The number of rotatable bonds is 8. The molecule has 0 amide bonds. The van der Waals surface area contributed by atoms with Gasteiger partial charge in [0.05, 0.1) is 6.61 Å². The van der Waals surface area contributed by atoms with Gasteiger partial charge in [-0.05, 0) is 56.6 Å². The van der Waals surface area contributed by atoms with Crippen LogP contribution in [-0.4, -0.2) is 19.7 Å². The molecule has 1 N–H and O–H groups in total. The average Bonchev–Trinajstić information content (AvgIpc) is 2.32. The maximum Gasteiger partial charge on any atom is 0.119 e. The van der Waals surface area contributed by atoms with Crippen molar-refractivity contribution in [3.8, 4) is 5.75 Å². The molecule has 1 rings (SSSR count). The van der Waals surface area contributed by atoms with Crippen LogP contribution < -0.4 is 10.1 Å². The molecule has 1 aromatic rings. The van der Waals surface area contributed by atoms with Crippen LogP contribution in [0.5, 0.6) is 5.75 Å². The van der Waals surface area contributed by atoms with E-state index < -0.39 is 0 Å². The first-order valence-corrected chi connectivity index (χ1v) is 6.71. The predicted molar refractivity (Wildman–Crippen MR) is 74.1 cm³/mol. The van der Waals surface area contributed by atoms with Crippen LogP contribution >= 0.6 is 11.6 Å². The monoisotopic (exact) mass is 255 g/mol. The maximum absolute atomic E-state index is 5.95. The smallest absolute Gasteiger partial charge is 0.119 e. The minimum absolute atomic E-state index is 0.750. The van der Waals surface area contributed by atoms with Crippen LogP contribution in [0.4, 0.5) is 0 Å². The van der Waals surface area contributed by atoms with Gasteiger partial charge in [-0.1, -0.05) is 24.9 Å². The lowest BCUT2D eigenvalue weighted by molar-refractivity contribution is 0.308. The van der Waals surface area contributed by atoms with Crippen molar-refractivity contribution in [3.63, 3.8) is 0 Å². The SMILES string of the molecule is CCCCNCCCOc1ccc(Cl)c(C)c1. The Morgan fingerprint density at radius 1 is 1.24 bits per heavy atom. The van der Waals surface area contributed by atoms with Crippen LogP contribution in [0.3, 0.4) is 0 Å². The second-order valence-electron chi connectivity index (χ2n) is 4.22. The summed E-state index contributed by atoms with van der Waals surface area (Å²) in [5.74, 6) is 0.903. The number of unbranched alkanes of at least 4 members (excludes halogenated alkanes) is 1. The fourth-order valence-corrected chi connectivity index (χ4v) is 1.64. The first kappa shape index (κ1) is 14.3. The molecule has 96 valence electrons. The van der Waals surface area contributed by atoms with E-state index in [9.17, 15) is 0 Å². The van der Waals surface area contributed by atoms with Gasteiger partial charge in [-0.2, -0.15) is 0 Å². The minimum atomic E-state index is 0.750. The van der Waals surface area contributed by atoms with Gasteiger partial charge in [-0.25, -0.2) is 0 Å². The summed E-state index contributed by atoms with van der Waals surface area (Å²) in [5.41, 5.74) is 1.06. The second kappa shape index (κ2) is 8.37. The van der Waals surface area contributed by atoms with E-state index in [0.29, 0.717) is 0 Å². The number of benzene rings is 1. The summed E-state index contributed by atoms with van der Waals surface area (Å²) in [6.45, 7) is 7.07. The fourth-order valence-electron chi connectivity index (χ4n) is 1.52. The van der Waals surface area contributed by atoms with Crippen LogP contribution in [-0.2, 0) is 0 Å². The highest BCUT2D eigenvalue weighted by Crippen LogP contribution is 2.20. The summed E-state index contributed by atoms with van der Waals surface area (Å²) < 4.78 is 5.65. The van der Waals surface area contributed by atoms with E-state index in [4.69, 9.17) is 16.3 Å². The second-order valence-corrected chi connectivity index (χ2v) is 4.62. The molecular formula is C14H22ClNO.